The van der Waals surface area contributed by atoms with Gasteiger partial charge in [0.05, 0.1) is 15.7 Å². The third-order valence-electron chi connectivity index (χ3n) is 2.59. The zero-order valence-corrected chi connectivity index (χ0v) is 12.7. The number of nitrogens with one attached hydrogen (secondary N) is 1. The van der Waals surface area contributed by atoms with E-state index in [1.807, 2.05) is 37.3 Å². The maximum absolute atomic E-state index is 6.16. The Hall–Kier alpha value is -0.900. The van der Waals surface area contributed by atoms with E-state index >= 15 is 0 Å². The van der Waals surface area contributed by atoms with Gasteiger partial charge in [-0.15, -0.1) is 0 Å². The van der Waals surface area contributed by atoms with Crippen LogP contribution in [-0.4, -0.2) is 0 Å². The summed E-state index contributed by atoms with van der Waals surface area (Å²) in [6, 6.07) is 9.45. The number of aryl methyl sites for hydroxylation is 1. The van der Waals surface area contributed by atoms with Gasteiger partial charge in [0.1, 0.15) is 0 Å². The first kappa shape index (κ1) is 13.5. The lowest BCUT2D eigenvalue weighted by Crippen LogP contribution is -1.95. The molecule has 0 heterocycles. The number of benzene rings is 2. The third kappa shape index (κ3) is 2.74. The van der Waals surface area contributed by atoms with Gasteiger partial charge < -0.3 is 11.1 Å². The Bertz CT molecular complexity index is 600. The maximum Gasteiger partial charge on any atom is 0.0838 e. The fraction of sp³-hybridized carbons (Fsp3) is 0.0769. The molecule has 0 aromatic heterocycles. The summed E-state index contributed by atoms with van der Waals surface area (Å²) in [5.41, 5.74) is 9.25. The van der Waals surface area contributed by atoms with E-state index in [4.69, 9.17) is 28.9 Å². The summed E-state index contributed by atoms with van der Waals surface area (Å²) >= 11 is 15.5. The van der Waals surface area contributed by atoms with Gasteiger partial charge >= 0.3 is 0 Å². The lowest BCUT2D eigenvalue weighted by molar-refractivity contribution is 1.45. The van der Waals surface area contributed by atoms with Crippen molar-refractivity contribution in [2.24, 2.45) is 0 Å². The van der Waals surface area contributed by atoms with Crippen LogP contribution in [0.1, 0.15) is 5.56 Å². The molecule has 2 nitrogen and oxygen atoms in total. The highest BCUT2D eigenvalue weighted by Gasteiger charge is 2.08. The standard InChI is InChI=1S/C13H11BrCl2N2/c1-7-2-3-8(6-10(7)17)18-11-5-4-9(14)12(15)13(11)16/h2-6,18H,17H2,1H3. The van der Waals surface area contributed by atoms with Crippen molar-refractivity contribution in [3.05, 3.63) is 50.4 Å². The van der Waals surface area contributed by atoms with Crippen LogP contribution in [0.25, 0.3) is 0 Å². The predicted molar refractivity (Wildman–Crippen MR) is 83.0 cm³/mol. The van der Waals surface area contributed by atoms with Crippen LogP contribution in [0.4, 0.5) is 17.1 Å². The number of nitrogen functional groups attached to an aromatic ring is 1. The van der Waals surface area contributed by atoms with Gasteiger partial charge in [-0.05, 0) is 52.7 Å². The van der Waals surface area contributed by atoms with Crippen molar-refractivity contribution in [3.8, 4) is 0 Å². The van der Waals surface area contributed by atoms with Crippen LogP contribution in [0.15, 0.2) is 34.8 Å². The predicted octanol–water partition coefficient (Wildman–Crippen LogP) is 5.39. The monoisotopic (exact) mass is 344 g/mol. The number of anilines is 3. The molecule has 2 aromatic rings. The van der Waals surface area contributed by atoms with Crippen LogP contribution in [0.2, 0.25) is 10.0 Å². The van der Waals surface area contributed by atoms with Gasteiger partial charge in [0.25, 0.3) is 0 Å². The number of rotatable bonds is 2. The number of halogens is 3. The van der Waals surface area contributed by atoms with Gasteiger partial charge in [-0.1, -0.05) is 29.3 Å². The van der Waals surface area contributed by atoms with Gasteiger partial charge in [0.2, 0.25) is 0 Å². The first-order valence-corrected chi connectivity index (χ1v) is 6.80. The second kappa shape index (κ2) is 5.39. The Kier molecular flexibility index (Phi) is 4.05. The Morgan fingerprint density at radius 1 is 1.11 bits per heavy atom. The SMILES string of the molecule is Cc1ccc(Nc2ccc(Br)c(Cl)c2Cl)cc1N. The van der Waals surface area contributed by atoms with Gasteiger partial charge in [0, 0.05) is 15.8 Å². The fourth-order valence-electron chi connectivity index (χ4n) is 1.50. The molecular weight excluding hydrogens is 335 g/mol. The van der Waals surface area contributed by atoms with Gasteiger partial charge in [0.15, 0.2) is 0 Å². The molecule has 0 aliphatic heterocycles. The van der Waals surface area contributed by atoms with Gasteiger partial charge in [-0.25, -0.2) is 0 Å². The lowest BCUT2D eigenvalue weighted by Gasteiger charge is -2.11. The fourth-order valence-corrected chi connectivity index (χ4v) is 2.32. The number of nitrogens with two attached hydrogens (primary N) is 1. The lowest BCUT2D eigenvalue weighted by atomic mass is 10.2. The van der Waals surface area contributed by atoms with Crippen LogP contribution in [0.3, 0.4) is 0 Å². The van der Waals surface area contributed by atoms with Crippen LogP contribution in [-0.2, 0) is 0 Å². The van der Waals surface area contributed by atoms with Crippen molar-refractivity contribution in [3.63, 3.8) is 0 Å². The zero-order chi connectivity index (χ0) is 13.3. The Balaban J connectivity index is 2.34. The van der Waals surface area contributed by atoms with Crippen molar-refractivity contribution in [2.75, 3.05) is 11.1 Å². The molecular formula is C13H11BrCl2N2. The molecule has 0 saturated carbocycles. The van der Waals surface area contributed by atoms with Crippen LogP contribution in [0, 0.1) is 6.92 Å². The molecule has 2 rings (SSSR count). The average molecular weight is 346 g/mol. The first-order chi connectivity index (χ1) is 8.49. The molecule has 0 atom stereocenters. The second-order valence-electron chi connectivity index (χ2n) is 3.92. The van der Waals surface area contributed by atoms with E-state index in [2.05, 4.69) is 21.2 Å². The van der Waals surface area contributed by atoms with E-state index < -0.39 is 0 Å². The summed E-state index contributed by atoms with van der Waals surface area (Å²) in [4.78, 5) is 0. The summed E-state index contributed by atoms with van der Waals surface area (Å²) in [5.74, 6) is 0. The minimum Gasteiger partial charge on any atom is -0.398 e. The molecule has 0 bridgehead atoms. The molecule has 18 heavy (non-hydrogen) atoms. The van der Waals surface area contributed by atoms with Crippen LogP contribution < -0.4 is 11.1 Å². The largest absolute Gasteiger partial charge is 0.398 e. The minimum atomic E-state index is 0.477. The quantitative estimate of drug-likeness (QED) is 0.565. The van der Waals surface area contributed by atoms with E-state index in [1.54, 1.807) is 0 Å². The Morgan fingerprint density at radius 2 is 1.83 bits per heavy atom. The smallest absolute Gasteiger partial charge is 0.0838 e. The zero-order valence-electron chi connectivity index (χ0n) is 9.60. The molecule has 0 aliphatic rings. The highest BCUT2D eigenvalue weighted by Crippen LogP contribution is 2.37. The molecule has 0 amide bonds. The molecule has 5 heteroatoms. The van der Waals surface area contributed by atoms with Gasteiger partial charge in [-0.2, -0.15) is 0 Å². The molecule has 0 radical (unpaired) electrons. The highest BCUT2D eigenvalue weighted by molar-refractivity contribution is 9.10. The Labute approximate surface area is 124 Å². The van der Waals surface area contributed by atoms with Gasteiger partial charge in [-0.3, -0.25) is 0 Å². The van der Waals surface area contributed by atoms with E-state index in [0.717, 1.165) is 27.1 Å². The van der Waals surface area contributed by atoms with Crippen molar-refractivity contribution in [2.45, 2.75) is 6.92 Å². The summed E-state index contributed by atoms with van der Waals surface area (Å²) in [6.07, 6.45) is 0. The van der Waals surface area contributed by atoms with Crippen LogP contribution >= 0.6 is 39.1 Å². The topological polar surface area (TPSA) is 38.0 Å². The highest BCUT2D eigenvalue weighted by atomic mass is 79.9. The Morgan fingerprint density at radius 3 is 2.50 bits per heavy atom. The van der Waals surface area contributed by atoms with E-state index in [1.165, 1.54) is 0 Å². The summed E-state index contributed by atoms with van der Waals surface area (Å²) in [7, 11) is 0. The maximum atomic E-state index is 6.16. The normalized spacial score (nSPS) is 10.4. The molecule has 0 unspecified atom stereocenters. The van der Waals surface area contributed by atoms with Crippen molar-refractivity contribution in [1.29, 1.82) is 0 Å². The molecule has 0 fully saturated rings. The summed E-state index contributed by atoms with van der Waals surface area (Å²) < 4.78 is 0.767. The number of hydrogen-bond acceptors (Lipinski definition) is 2. The van der Waals surface area contributed by atoms with E-state index in [9.17, 15) is 0 Å². The summed E-state index contributed by atoms with van der Waals surface area (Å²) in [6.45, 7) is 1.96. The molecule has 2 aromatic carbocycles. The molecule has 0 spiro atoms. The minimum absolute atomic E-state index is 0.477. The van der Waals surface area contributed by atoms with Crippen molar-refractivity contribution < 1.29 is 0 Å². The van der Waals surface area contributed by atoms with Crippen LogP contribution in [0.5, 0.6) is 0 Å². The molecule has 0 aliphatic carbocycles. The average Bonchev–Trinajstić information content (AvgIpc) is 2.34. The first-order valence-electron chi connectivity index (χ1n) is 5.25. The third-order valence-corrected chi connectivity index (χ3v) is 4.36. The van der Waals surface area contributed by atoms with E-state index in [-0.39, 0.29) is 0 Å². The number of hydrogen-bond donors (Lipinski definition) is 2. The van der Waals surface area contributed by atoms with Crippen molar-refractivity contribution in [1.82, 2.24) is 0 Å². The molecule has 3 N–H and O–H groups in total. The van der Waals surface area contributed by atoms with Crippen molar-refractivity contribution >= 4 is 56.2 Å². The summed E-state index contributed by atoms with van der Waals surface area (Å²) in [5, 5.41) is 4.16. The molecule has 0 saturated heterocycles. The van der Waals surface area contributed by atoms with E-state index in [0.29, 0.717) is 10.0 Å². The second-order valence-corrected chi connectivity index (χ2v) is 5.53. The molecule has 94 valence electrons.